The van der Waals surface area contributed by atoms with Gasteiger partial charge in [0.25, 0.3) is 0 Å². The second kappa shape index (κ2) is 4.78. The molecule has 0 amide bonds. The van der Waals surface area contributed by atoms with Crippen molar-refractivity contribution >= 4 is 5.97 Å². The number of hydrogen-bond donors (Lipinski definition) is 1. The summed E-state index contributed by atoms with van der Waals surface area (Å²) in [5.74, 6) is -0.208. The zero-order valence-corrected chi connectivity index (χ0v) is 9.36. The summed E-state index contributed by atoms with van der Waals surface area (Å²) in [7, 11) is 2.04. The molecule has 0 saturated carbocycles. The molecule has 2 atom stereocenters. The highest BCUT2D eigenvalue weighted by atomic mass is 16.4. The number of carbonyl (C=O) groups is 1. The van der Waals surface area contributed by atoms with Crippen LogP contribution < -0.4 is 0 Å². The highest BCUT2D eigenvalue weighted by molar-refractivity contribution is 5.71. The molecular formula is C11H21NO2. The van der Waals surface area contributed by atoms with Crippen LogP contribution in [0.4, 0.5) is 0 Å². The van der Waals surface area contributed by atoms with E-state index in [1.54, 1.807) is 0 Å². The monoisotopic (exact) mass is 199 g/mol. The van der Waals surface area contributed by atoms with E-state index in [4.69, 9.17) is 5.11 Å². The zero-order valence-electron chi connectivity index (χ0n) is 9.36. The van der Waals surface area contributed by atoms with Gasteiger partial charge in [-0.25, -0.2) is 0 Å². The Morgan fingerprint density at radius 2 is 2.21 bits per heavy atom. The summed E-state index contributed by atoms with van der Waals surface area (Å²) >= 11 is 0. The average molecular weight is 199 g/mol. The third kappa shape index (κ3) is 2.71. The molecule has 3 heteroatoms. The van der Waals surface area contributed by atoms with E-state index in [9.17, 15) is 4.79 Å². The standard InChI is InChI=1S/C11H21NO2/c1-8(2)7-10-9(11(13)14)5-4-6-12(10)3/h8-10H,4-7H2,1-3H3,(H,13,14)/t9-,10+/m0/s1. The molecule has 1 saturated heterocycles. The van der Waals surface area contributed by atoms with E-state index < -0.39 is 5.97 Å². The Labute approximate surface area is 86.1 Å². The molecule has 1 rings (SSSR count). The molecule has 1 heterocycles. The van der Waals surface area contributed by atoms with Crippen LogP contribution in [0.15, 0.2) is 0 Å². The van der Waals surface area contributed by atoms with Gasteiger partial charge in [-0.3, -0.25) is 4.79 Å². The smallest absolute Gasteiger partial charge is 0.308 e. The first-order valence-electron chi connectivity index (χ1n) is 5.45. The van der Waals surface area contributed by atoms with E-state index in [2.05, 4.69) is 18.7 Å². The predicted molar refractivity (Wildman–Crippen MR) is 56.2 cm³/mol. The Hall–Kier alpha value is -0.570. The molecule has 0 aromatic carbocycles. The maximum atomic E-state index is 11.1. The molecule has 1 fully saturated rings. The second-order valence-electron chi connectivity index (χ2n) is 4.76. The lowest BCUT2D eigenvalue weighted by Crippen LogP contribution is -2.46. The number of carboxylic acids is 1. The van der Waals surface area contributed by atoms with Gasteiger partial charge in [0.1, 0.15) is 0 Å². The van der Waals surface area contributed by atoms with Crippen molar-refractivity contribution in [2.45, 2.75) is 39.2 Å². The van der Waals surface area contributed by atoms with Crippen LogP contribution in [-0.2, 0) is 4.79 Å². The Morgan fingerprint density at radius 3 is 2.71 bits per heavy atom. The first-order chi connectivity index (χ1) is 6.52. The number of piperidine rings is 1. The molecule has 1 aliphatic heterocycles. The third-order valence-corrected chi connectivity index (χ3v) is 3.09. The molecule has 1 aliphatic rings. The maximum absolute atomic E-state index is 11.1. The van der Waals surface area contributed by atoms with E-state index in [0.29, 0.717) is 5.92 Å². The van der Waals surface area contributed by atoms with Gasteiger partial charge in [-0.15, -0.1) is 0 Å². The van der Waals surface area contributed by atoms with Crippen LogP contribution in [0.3, 0.4) is 0 Å². The molecular weight excluding hydrogens is 178 g/mol. The minimum absolute atomic E-state index is 0.156. The average Bonchev–Trinajstić information content (AvgIpc) is 2.07. The van der Waals surface area contributed by atoms with Crippen molar-refractivity contribution < 1.29 is 9.90 Å². The topological polar surface area (TPSA) is 40.5 Å². The second-order valence-corrected chi connectivity index (χ2v) is 4.76. The Morgan fingerprint density at radius 1 is 1.57 bits per heavy atom. The summed E-state index contributed by atoms with van der Waals surface area (Å²) in [6.07, 6.45) is 2.85. The number of carboxylic acid groups (broad SMARTS) is 1. The highest BCUT2D eigenvalue weighted by Crippen LogP contribution is 2.27. The lowest BCUT2D eigenvalue weighted by Gasteiger charge is -2.38. The summed E-state index contributed by atoms with van der Waals surface area (Å²) in [5, 5.41) is 9.11. The molecule has 3 nitrogen and oxygen atoms in total. The van der Waals surface area contributed by atoms with Crippen molar-refractivity contribution in [2.75, 3.05) is 13.6 Å². The van der Waals surface area contributed by atoms with Gasteiger partial charge in [0.15, 0.2) is 0 Å². The molecule has 0 bridgehead atoms. The van der Waals surface area contributed by atoms with E-state index in [0.717, 1.165) is 25.8 Å². The van der Waals surface area contributed by atoms with Crippen LogP contribution in [-0.4, -0.2) is 35.6 Å². The molecule has 0 aromatic rings. The summed E-state index contributed by atoms with van der Waals surface area (Å²) in [5.41, 5.74) is 0. The summed E-state index contributed by atoms with van der Waals surface area (Å²) in [6.45, 7) is 5.35. The molecule has 82 valence electrons. The number of likely N-dealkylation sites (tertiary alicyclic amines) is 1. The van der Waals surface area contributed by atoms with Crippen LogP contribution in [0.1, 0.15) is 33.1 Å². The van der Waals surface area contributed by atoms with Gasteiger partial charge in [-0.05, 0) is 38.8 Å². The number of aliphatic carboxylic acids is 1. The molecule has 14 heavy (non-hydrogen) atoms. The molecule has 0 radical (unpaired) electrons. The van der Waals surface area contributed by atoms with Crippen molar-refractivity contribution in [2.24, 2.45) is 11.8 Å². The fourth-order valence-corrected chi connectivity index (χ4v) is 2.34. The van der Waals surface area contributed by atoms with Crippen molar-refractivity contribution in [1.29, 1.82) is 0 Å². The van der Waals surface area contributed by atoms with Crippen molar-refractivity contribution in [3.63, 3.8) is 0 Å². The SMILES string of the molecule is CC(C)C[C@@H]1[C@@H](C(=O)O)CCCN1C. The Kier molecular flexibility index (Phi) is 3.93. The molecule has 0 unspecified atom stereocenters. The number of nitrogens with zero attached hydrogens (tertiary/aromatic N) is 1. The van der Waals surface area contributed by atoms with Crippen LogP contribution >= 0.6 is 0 Å². The largest absolute Gasteiger partial charge is 0.481 e. The van der Waals surface area contributed by atoms with Crippen LogP contribution in [0.5, 0.6) is 0 Å². The Balaban J connectivity index is 2.65. The van der Waals surface area contributed by atoms with E-state index >= 15 is 0 Å². The Bertz CT molecular complexity index is 203. The van der Waals surface area contributed by atoms with Gasteiger partial charge in [0, 0.05) is 6.04 Å². The minimum atomic E-state index is -0.623. The fraction of sp³-hybridized carbons (Fsp3) is 0.909. The molecule has 0 aliphatic carbocycles. The minimum Gasteiger partial charge on any atom is -0.481 e. The zero-order chi connectivity index (χ0) is 10.7. The number of rotatable bonds is 3. The van der Waals surface area contributed by atoms with Crippen LogP contribution in [0, 0.1) is 11.8 Å². The summed E-state index contributed by atoms with van der Waals surface area (Å²) < 4.78 is 0. The van der Waals surface area contributed by atoms with E-state index in [1.165, 1.54) is 0 Å². The molecule has 1 N–H and O–H groups in total. The predicted octanol–water partition coefficient (Wildman–Crippen LogP) is 1.83. The van der Waals surface area contributed by atoms with Gasteiger partial charge in [0.2, 0.25) is 0 Å². The van der Waals surface area contributed by atoms with Gasteiger partial charge in [-0.1, -0.05) is 13.8 Å². The quantitative estimate of drug-likeness (QED) is 0.754. The van der Waals surface area contributed by atoms with Gasteiger partial charge in [-0.2, -0.15) is 0 Å². The fourth-order valence-electron chi connectivity index (χ4n) is 2.34. The molecule has 0 spiro atoms. The first-order valence-corrected chi connectivity index (χ1v) is 5.45. The maximum Gasteiger partial charge on any atom is 0.308 e. The van der Waals surface area contributed by atoms with Crippen LogP contribution in [0.25, 0.3) is 0 Å². The van der Waals surface area contributed by atoms with Gasteiger partial charge in [0.05, 0.1) is 5.92 Å². The van der Waals surface area contributed by atoms with E-state index in [1.807, 2.05) is 7.05 Å². The summed E-state index contributed by atoms with van der Waals surface area (Å²) in [4.78, 5) is 13.3. The van der Waals surface area contributed by atoms with Gasteiger partial charge < -0.3 is 10.0 Å². The van der Waals surface area contributed by atoms with Crippen molar-refractivity contribution in [3.8, 4) is 0 Å². The van der Waals surface area contributed by atoms with Gasteiger partial charge >= 0.3 is 5.97 Å². The third-order valence-electron chi connectivity index (χ3n) is 3.09. The highest BCUT2D eigenvalue weighted by Gasteiger charge is 2.34. The lowest BCUT2D eigenvalue weighted by atomic mass is 9.84. The first kappa shape index (κ1) is 11.5. The van der Waals surface area contributed by atoms with E-state index in [-0.39, 0.29) is 12.0 Å². The van der Waals surface area contributed by atoms with Crippen molar-refractivity contribution in [3.05, 3.63) is 0 Å². The molecule has 0 aromatic heterocycles. The summed E-state index contributed by atoms with van der Waals surface area (Å²) in [6, 6.07) is 0.237. The van der Waals surface area contributed by atoms with Crippen LogP contribution in [0.2, 0.25) is 0 Å². The van der Waals surface area contributed by atoms with Crippen molar-refractivity contribution in [1.82, 2.24) is 4.90 Å². The normalized spacial score (nSPS) is 29.4. The number of hydrogen-bond acceptors (Lipinski definition) is 2. The lowest BCUT2D eigenvalue weighted by molar-refractivity contribution is -0.146.